The Morgan fingerprint density at radius 2 is 1.84 bits per heavy atom. The largest absolute Gasteiger partial charge is 0.494 e. The van der Waals surface area contributed by atoms with E-state index in [9.17, 15) is 9.59 Å². The average molecular weight is 531 g/mol. The van der Waals surface area contributed by atoms with E-state index in [4.69, 9.17) is 30.9 Å². The fourth-order valence-corrected chi connectivity index (χ4v) is 3.86. The maximum absolute atomic E-state index is 13.4. The van der Waals surface area contributed by atoms with Crippen molar-refractivity contribution in [3.8, 4) is 5.75 Å². The molecule has 3 rings (SSSR count). The van der Waals surface area contributed by atoms with Crippen LogP contribution in [-0.4, -0.2) is 60.4 Å². The first kappa shape index (κ1) is 28.5. The van der Waals surface area contributed by atoms with Gasteiger partial charge in [-0.15, -0.1) is 0 Å². The maximum atomic E-state index is 13.4. The standard InChI is InChI=1S/C28H35ClN2O6/c1-27(2,3)37-24(33)13-15-28(26(34)30-16-14-20-5-9-22(29)10-6-20)19-36-25(31-28)21-7-11-23(12-8-21)35-18-4-17-32/h5-12,32H,4,13-19H2,1-3H3,(H,30,34)/t28-/m1/s1. The first-order valence-corrected chi connectivity index (χ1v) is 12.8. The summed E-state index contributed by atoms with van der Waals surface area (Å²) in [5, 5.41) is 12.5. The van der Waals surface area contributed by atoms with E-state index in [-0.39, 0.29) is 32.0 Å². The van der Waals surface area contributed by atoms with Gasteiger partial charge in [-0.3, -0.25) is 9.59 Å². The third-order valence-corrected chi connectivity index (χ3v) is 5.89. The number of hydrogen-bond acceptors (Lipinski definition) is 7. The maximum Gasteiger partial charge on any atom is 0.306 e. The van der Waals surface area contributed by atoms with Crippen LogP contribution in [0, 0.1) is 0 Å². The Morgan fingerprint density at radius 3 is 2.49 bits per heavy atom. The quantitative estimate of drug-likeness (QED) is 0.316. The number of benzene rings is 2. The van der Waals surface area contributed by atoms with Crippen molar-refractivity contribution < 1.29 is 28.9 Å². The van der Waals surface area contributed by atoms with E-state index < -0.39 is 17.1 Å². The van der Waals surface area contributed by atoms with Crippen LogP contribution in [0.15, 0.2) is 53.5 Å². The van der Waals surface area contributed by atoms with Gasteiger partial charge in [0, 0.05) is 36.6 Å². The molecule has 0 aliphatic carbocycles. The van der Waals surface area contributed by atoms with E-state index in [1.54, 1.807) is 45.0 Å². The second kappa shape index (κ2) is 12.9. The summed E-state index contributed by atoms with van der Waals surface area (Å²) in [6.45, 7) is 6.31. The minimum absolute atomic E-state index is 0.0205. The number of aliphatic hydroxyl groups excluding tert-OH is 1. The van der Waals surface area contributed by atoms with Crippen LogP contribution in [0.1, 0.15) is 51.2 Å². The van der Waals surface area contributed by atoms with Gasteiger partial charge in [-0.1, -0.05) is 23.7 Å². The Kier molecular flexibility index (Phi) is 9.94. The number of amides is 1. The summed E-state index contributed by atoms with van der Waals surface area (Å²) in [6, 6.07) is 14.6. The van der Waals surface area contributed by atoms with Gasteiger partial charge < -0.3 is 24.6 Å². The SMILES string of the molecule is CC(C)(C)OC(=O)CC[C@]1(C(=O)NCCc2ccc(Cl)cc2)COC(c2ccc(OCCCO)cc2)=N1. The molecule has 37 heavy (non-hydrogen) atoms. The van der Waals surface area contributed by atoms with Crippen molar-refractivity contribution in [1.82, 2.24) is 5.32 Å². The predicted octanol–water partition coefficient (Wildman–Crippen LogP) is 4.10. The topological polar surface area (TPSA) is 106 Å². The summed E-state index contributed by atoms with van der Waals surface area (Å²) >= 11 is 5.95. The van der Waals surface area contributed by atoms with Crippen molar-refractivity contribution in [2.45, 2.75) is 57.6 Å². The molecule has 1 atom stereocenters. The van der Waals surface area contributed by atoms with Gasteiger partial charge in [0.1, 0.15) is 18.0 Å². The van der Waals surface area contributed by atoms with Crippen molar-refractivity contribution >= 4 is 29.4 Å². The first-order chi connectivity index (χ1) is 17.6. The second-order valence-corrected chi connectivity index (χ2v) is 10.3. The number of ether oxygens (including phenoxy) is 3. The number of aliphatic imine (C=N–C) groups is 1. The highest BCUT2D eigenvalue weighted by atomic mass is 35.5. The molecule has 2 aromatic carbocycles. The molecule has 1 aliphatic rings. The number of carbonyl (C=O) groups is 2. The molecule has 0 spiro atoms. The normalized spacial score (nSPS) is 17.1. The molecule has 200 valence electrons. The van der Waals surface area contributed by atoms with Crippen LogP contribution in [0.4, 0.5) is 0 Å². The zero-order valence-corrected chi connectivity index (χ0v) is 22.3. The van der Waals surface area contributed by atoms with Crippen LogP contribution in [0.25, 0.3) is 0 Å². The Bertz CT molecular complexity index is 1080. The fourth-order valence-electron chi connectivity index (χ4n) is 3.74. The van der Waals surface area contributed by atoms with Crippen LogP contribution < -0.4 is 10.1 Å². The minimum Gasteiger partial charge on any atom is -0.494 e. The fraction of sp³-hybridized carbons (Fsp3) is 0.464. The lowest BCUT2D eigenvalue weighted by atomic mass is 9.94. The highest BCUT2D eigenvalue weighted by Crippen LogP contribution is 2.29. The summed E-state index contributed by atoms with van der Waals surface area (Å²) in [4.78, 5) is 30.5. The number of nitrogens with zero attached hydrogens (tertiary/aromatic N) is 1. The molecule has 9 heteroatoms. The molecule has 0 bridgehead atoms. The van der Waals surface area contributed by atoms with Crippen LogP contribution in [0.5, 0.6) is 5.75 Å². The van der Waals surface area contributed by atoms with Gasteiger partial charge in [0.05, 0.1) is 6.61 Å². The Balaban J connectivity index is 1.72. The smallest absolute Gasteiger partial charge is 0.306 e. The monoisotopic (exact) mass is 530 g/mol. The van der Waals surface area contributed by atoms with Crippen molar-refractivity contribution in [2.24, 2.45) is 4.99 Å². The zero-order chi connectivity index (χ0) is 26.9. The van der Waals surface area contributed by atoms with Gasteiger partial charge >= 0.3 is 5.97 Å². The summed E-state index contributed by atoms with van der Waals surface area (Å²) in [5.41, 5.74) is -0.127. The molecule has 2 N–H and O–H groups in total. The number of carbonyl (C=O) groups excluding carboxylic acids is 2. The molecular formula is C28H35ClN2O6. The molecule has 8 nitrogen and oxygen atoms in total. The Morgan fingerprint density at radius 1 is 1.14 bits per heavy atom. The number of aliphatic hydroxyl groups is 1. The highest BCUT2D eigenvalue weighted by molar-refractivity contribution is 6.30. The summed E-state index contributed by atoms with van der Waals surface area (Å²) in [6.07, 6.45) is 1.35. The predicted molar refractivity (Wildman–Crippen MR) is 142 cm³/mol. The third kappa shape index (κ3) is 8.76. The van der Waals surface area contributed by atoms with Gasteiger partial charge in [0.2, 0.25) is 5.90 Å². The van der Waals surface area contributed by atoms with Gasteiger partial charge in [0.15, 0.2) is 5.54 Å². The lowest BCUT2D eigenvalue weighted by Crippen LogP contribution is -2.47. The van der Waals surface area contributed by atoms with E-state index in [1.165, 1.54) is 0 Å². The molecule has 0 saturated heterocycles. The van der Waals surface area contributed by atoms with Crippen LogP contribution >= 0.6 is 11.6 Å². The van der Waals surface area contributed by atoms with Crippen LogP contribution in [0.3, 0.4) is 0 Å². The van der Waals surface area contributed by atoms with Crippen molar-refractivity contribution in [3.63, 3.8) is 0 Å². The summed E-state index contributed by atoms with van der Waals surface area (Å²) in [7, 11) is 0. The third-order valence-electron chi connectivity index (χ3n) is 5.63. The number of esters is 1. The lowest BCUT2D eigenvalue weighted by molar-refractivity contribution is -0.155. The molecule has 1 aliphatic heterocycles. The van der Waals surface area contributed by atoms with Gasteiger partial charge in [-0.25, -0.2) is 4.99 Å². The molecular weight excluding hydrogens is 496 g/mol. The van der Waals surface area contributed by atoms with E-state index in [0.717, 1.165) is 5.56 Å². The first-order valence-electron chi connectivity index (χ1n) is 12.4. The summed E-state index contributed by atoms with van der Waals surface area (Å²) in [5.74, 6) is 0.295. The van der Waals surface area contributed by atoms with E-state index in [0.29, 0.717) is 48.2 Å². The molecule has 0 unspecified atom stereocenters. The molecule has 0 saturated carbocycles. The second-order valence-electron chi connectivity index (χ2n) is 9.91. The Hall–Kier alpha value is -3.10. The molecule has 2 aromatic rings. The van der Waals surface area contributed by atoms with Gasteiger partial charge in [-0.05, 0) is 75.6 Å². The molecule has 0 radical (unpaired) electrons. The van der Waals surface area contributed by atoms with Crippen LogP contribution in [0.2, 0.25) is 5.02 Å². The average Bonchev–Trinajstić information content (AvgIpc) is 3.29. The number of rotatable bonds is 12. The molecule has 0 fully saturated rings. The van der Waals surface area contributed by atoms with E-state index in [1.807, 2.05) is 24.3 Å². The highest BCUT2D eigenvalue weighted by Gasteiger charge is 2.44. The van der Waals surface area contributed by atoms with Crippen molar-refractivity contribution in [2.75, 3.05) is 26.4 Å². The molecule has 1 heterocycles. The van der Waals surface area contributed by atoms with Crippen LogP contribution in [-0.2, 0) is 25.5 Å². The van der Waals surface area contributed by atoms with Gasteiger partial charge in [0.25, 0.3) is 5.91 Å². The zero-order valence-electron chi connectivity index (χ0n) is 21.6. The molecule has 0 aromatic heterocycles. The number of nitrogens with one attached hydrogen (secondary N) is 1. The van der Waals surface area contributed by atoms with E-state index in [2.05, 4.69) is 10.3 Å². The Labute approximate surface area is 223 Å². The van der Waals surface area contributed by atoms with Gasteiger partial charge in [-0.2, -0.15) is 0 Å². The number of hydrogen-bond donors (Lipinski definition) is 2. The number of halogens is 1. The summed E-state index contributed by atoms with van der Waals surface area (Å²) < 4.78 is 16.9. The molecule has 1 amide bonds. The minimum atomic E-state index is -1.25. The lowest BCUT2D eigenvalue weighted by Gasteiger charge is -2.24. The van der Waals surface area contributed by atoms with Crippen molar-refractivity contribution in [3.05, 3.63) is 64.7 Å². The van der Waals surface area contributed by atoms with Crippen molar-refractivity contribution in [1.29, 1.82) is 0 Å². The van der Waals surface area contributed by atoms with E-state index >= 15 is 0 Å².